The first-order valence-corrected chi connectivity index (χ1v) is 12.9. The minimum atomic E-state index is 0. The summed E-state index contributed by atoms with van der Waals surface area (Å²) < 4.78 is 0. The Morgan fingerprint density at radius 2 is 1.78 bits per heavy atom. The van der Waals surface area contributed by atoms with E-state index >= 15 is 0 Å². The number of likely N-dealkylation sites (tertiary alicyclic amines) is 1. The molecule has 0 aromatic heterocycles. The van der Waals surface area contributed by atoms with Crippen molar-refractivity contribution in [2.24, 2.45) is 0 Å². The molecule has 1 heterocycles. The number of nitrogens with zero attached hydrogens (tertiary/aromatic N) is 3. The summed E-state index contributed by atoms with van der Waals surface area (Å²) in [5.74, 6) is 0.229. The number of piperidine rings is 1. The summed E-state index contributed by atoms with van der Waals surface area (Å²) in [5, 5.41) is 1.05. The Morgan fingerprint density at radius 3 is 2.36 bits per heavy atom. The van der Waals surface area contributed by atoms with Gasteiger partial charge in [0.05, 0.1) is 10.0 Å². The molecule has 1 aliphatic heterocycles. The van der Waals surface area contributed by atoms with E-state index in [-0.39, 0.29) is 36.2 Å². The number of carbonyl (C=O) groups excluding carboxylic acids is 2. The van der Waals surface area contributed by atoms with Crippen molar-refractivity contribution in [1.29, 1.82) is 0 Å². The van der Waals surface area contributed by atoms with Crippen LogP contribution in [0.25, 0.3) is 0 Å². The number of hydrogen-bond donors (Lipinski definition) is 0. The fourth-order valence-corrected chi connectivity index (χ4v) is 5.12. The molecule has 0 radical (unpaired) electrons. The Hall–Kier alpha value is -2.05. The lowest BCUT2D eigenvalue weighted by molar-refractivity contribution is -0.131. The van der Waals surface area contributed by atoms with Crippen LogP contribution in [0.1, 0.15) is 48.0 Å². The molecule has 2 aromatic carbocycles. The maximum atomic E-state index is 13.0. The number of likely N-dealkylation sites (N-methyl/N-ethyl adjacent to an activating group) is 1. The molecule has 0 aliphatic carbocycles. The lowest BCUT2D eigenvalue weighted by Crippen LogP contribution is -2.47. The molecule has 1 unspecified atom stereocenters. The van der Waals surface area contributed by atoms with Crippen LogP contribution >= 0.6 is 35.6 Å². The summed E-state index contributed by atoms with van der Waals surface area (Å²) in [6.45, 7) is 9.39. The molecular weight excluding hydrogens is 517 g/mol. The third kappa shape index (κ3) is 8.24. The smallest absolute Gasteiger partial charge is 0.253 e. The molecule has 196 valence electrons. The van der Waals surface area contributed by atoms with Crippen molar-refractivity contribution >= 4 is 47.4 Å². The van der Waals surface area contributed by atoms with Crippen LogP contribution in [0.2, 0.25) is 10.0 Å². The highest BCUT2D eigenvalue weighted by Crippen LogP contribution is 2.29. The van der Waals surface area contributed by atoms with E-state index in [0.29, 0.717) is 28.7 Å². The van der Waals surface area contributed by atoms with Gasteiger partial charge in [0.25, 0.3) is 5.91 Å². The van der Waals surface area contributed by atoms with Crippen LogP contribution < -0.4 is 0 Å². The average molecular weight is 553 g/mol. The second-order valence-electron chi connectivity index (χ2n) is 9.24. The molecule has 2 aromatic rings. The lowest BCUT2D eigenvalue weighted by atomic mass is 9.93. The van der Waals surface area contributed by atoms with Crippen molar-refractivity contribution in [2.75, 3.05) is 39.8 Å². The summed E-state index contributed by atoms with van der Waals surface area (Å²) in [6.07, 6.45) is 4.59. The summed E-state index contributed by atoms with van der Waals surface area (Å²) in [5.41, 5.74) is 1.76. The molecule has 2 amide bonds. The van der Waals surface area contributed by atoms with Gasteiger partial charge < -0.3 is 14.7 Å². The zero-order valence-corrected chi connectivity index (χ0v) is 23.4. The van der Waals surface area contributed by atoms with Crippen LogP contribution in [0.4, 0.5) is 0 Å². The predicted molar refractivity (Wildman–Crippen MR) is 152 cm³/mol. The predicted octanol–water partition coefficient (Wildman–Crippen LogP) is 6.16. The van der Waals surface area contributed by atoms with Crippen molar-refractivity contribution in [3.05, 3.63) is 82.4 Å². The molecule has 1 atom stereocenters. The van der Waals surface area contributed by atoms with Gasteiger partial charge in [-0.3, -0.25) is 9.59 Å². The minimum Gasteiger partial charge on any atom is -0.341 e. The fourth-order valence-electron chi connectivity index (χ4n) is 4.81. The van der Waals surface area contributed by atoms with Crippen molar-refractivity contribution in [3.8, 4) is 0 Å². The highest BCUT2D eigenvalue weighted by atomic mass is 35.5. The van der Waals surface area contributed by atoms with Gasteiger partial charge in [-0.1, -0.05) is 53.5 Å². The van der Waals surface area contributed by atoms with Crippen LogP contribution in [0.3, 0.4) is 0 Å². The molecule has 3 rings (SSSR count). The average Bonchev–Trinajstić information content (AvgIpc) is 2.87. The van der Waals surface area contributed by atoms with Gasteiger partial charge in [-0.15, -0.1) is 19.0 Å². The molecule has 0 bridgehead atoms. The summed E-state index contributed by atoms with van der Waals surface area (Å²) in [4.78, 5) is 31.1. The fraction of sp³-hybridized carbons (Fsp3) is 0.429. The standard InChI is InChI=1S/C28H35Cl2N3O2.ClH/c1-4-15-33(21(2)34)25-13-17-32(18-14-25)16-12-24(23-10-11-26(29)27(30)19-23)20-31(3)28(35)22-8-6-5-7-9-22;/h4-11,19,24-25H,1,12-18,20H2,2-3H3;1H. The first-order valence-electron chi connectivity index (χ1n) is 12.2. The molecule has 1 saturated heterocycles. The Balaban J connectivity index is 0.00000456. The van der Waals surface area contributed by atoms with Crippen molar-refractivity contribution in [1.82, 2.24) is 14.7 Å². The summed E-state index contributed by atoms with van der Waals surface area (Å²) in [6, 6.07) is 15.4. The molecule has 0 saturated carbocycles. The van der Waals surface area contributed by atoms with E-state index in [1.54, 1.807) is 17.9 Å². The maximum Gasteiger partial charge on any atom is 0.253 e. The molecule has 0 spiro atoms. The van der Waals surface area contributed by atoms with E-state index in [9.17, 15) is 9.59 Å². The van der Waals surface area contributed by atoms with Crippen LogP contribution in [0.5, 0.6) is 0 Å². The number of carbonyl (C=O) groups is 2. The third-order valence-electron chi connectivity index (χ3n) is 6.80. The topological polar surface area (TPSA) is 43.9 Å². The van der Waals surface area contributed by atoms with Crippen LogP contribution in [-0.4, -0.2) is 72.3 Å². The summed E-state index contributed by atoms with van der Waals surface area (Å²) >= 11 is 12.5. The third-order valence-corrected chi connectivity index (χ3v) is 7.54. The monoisotopic (exact) mass is 551 g/mol. The zero-order chi connectivity index (χ0) is 25.4. The largest absolute Gasteiger partial charge is 0.341 e. The second-order valence-corrected chi connectivity index (χ2v) is 10.1. The Morgan fingerprint density at radius 1 is 1.11 bits per heavy atom. The maximum absolute atomic E-state index is 13.0. The van der Waals surface area contributed by atoms with E-state index in [2.05, 4.69) is 11.5 Å². The van der Waals surface area contributed by atoms with Gasteiger partial charge in [0, 0.05) is 57.7 Å². The van der Waals surface area contributed by atoms with Gasteiger partial charge in [0.15, 0.2) is 0 Å². The van der Waals surface area contributed by atoms with Crippen molar-refractivity contribution in [2.45, 2.75) is 38.1 Å². The summed E-state index contributed by atoms with van der Waals surface area (Å²) in [7, 11) is 1.85. The molecule has 1 aliphatic rings. The van der Waals surface area contributed by atoms with Gasteiger partial charge in [-0.2, -0.15) is 0 Å². The van der Waals surface area contributed by atoms with Gasteiger partial charge in [-0.25, -0.2) is 0 Å². The SMILES string of the molecule is C=CCN(C(C)=O)C1CCN(CCC(CN(C)C(=O)c2ccccc2)c2ccc(Cl)c(Cl)c2)CC1.Cl. The number of hydrogen-bond acceptors (Lipinski definition) is 3. The molecule has 36 heavy (non-hydrogen) atoms. The lowest BCUT2D eigenvalue weighted by Gasteiger charge is -2.38. The number of rotatable bonds is 10. The highest BCUT2D eigenvalue weighted by Gasteiger charge is 2.26. The second kappa shape index (κ2) is 14.6. The van der Waals surface area contributed by atoms with Crippen molar-refractivity contribution in [3.63, 3.8) is 0 Å². The van der Waals surface area contributed by atoms with E-state index < -0.39 is 0 Å². The number of amides is 2. The van der Waals surface area contributed by atoms with Gasteiger partial charge in [0.2, 0.25) is 5.91 Å². The van der Waals surface area contributed by atoms with E-state index in [1.807, 2.05) is 60.5 Å². The molecular formula is C28H36Cl3N3O2. The van der Waals surface area contributed by atoms with Crippen molar-refractivity contribution < 1.29 is 9.59 Å². The first-order chi connectivity index (χ1) is 16.8. The number of halogens is 3. The number of benzene rings is 2. The Bertz CT molecular complexity index is 1010. The van der Waals surface area contributed by atoms with Crippen LogP contribution in [0, 0.1) is 0 Å². The van der Waals surface area contributed by atoms with Gasteiger partial charge >= 0.3 is 0 Å². The van der Waals surface area contributed by atoms with Crippen LogP contribution in [0.15, 0.2) is 61.2 Å². The Labute approximate surface area is 231 Å². The Kier molecular flexibility index (Phi) is 12.3. The normalized spacial score (nSPS) is 15.0. The first kappa shape index (κ1) is 30.2. The molecule has 5 nitrogen and oxygen atoms in total. The van der Waals surface area contributed by atoms with Gasteiger partial charge in [0.1, 0.15) is 0 Å². The quantitative estimate of drug-likeness (QED) is 0.332. The zero-order valence-electron chi connectivity index (χ0n) is 21.0. The van der Waals surface area contributed by atoms with E-state index in [4.69, 9.17) is 23.2 Å². The molecule has 0 N–H and O–H groups in total. The highest BCUT2D eigenvalue weighted by molar-refractivity contribution is 6.42. The minimum absolute atomic E-state index is 0. The van der Waals surface area contributed by atoms with Gasteiger partial charge in [-0.05, 0) is 55.6 Å². The van der Waals surface area contributed by atoms with Crippen LogP contribution in [-0.2, 0) is 4.79 Å². The van der Waals surface area contributed by atoms with E-state index in [0.717, 1.165) is 44.5 Å². The van der Waals surface area contributed by atoms with E-state index in [1.165, 1.54) is 0 Å². The molecule has 1 fully saturated rings. The molecule has 8 heteroatoms.